The number of hydrogen-bond acceptors (Lipinski definition) is 21. The number of rotatable bonds is 45. The molecule has 2 aromatic carbocycles. The number of amides is 12. The number of thiazole rings is 1. The highest BCUT2D eigenvalue weighted by Gasteiger charge is 2.35. The van der Waals surface area contributed by atoms with Crippen molar-refractivity contribution < 1.29 is 87.1 Å². The van der Waals surface area contributed by atoms with Crippen LogP contribution in [0.25, 0.3) is 0 Å². The number of hydrogen-bond donors (Lipinski definition) is 14. The number of phenolic OH excluding ortho intramolecular Hbond substituents is 1. The Morgan fingerprint density at radius 1 is 0.713 bits per heavy atom. The minimum atomic E-state index is -1.48. The van der Waals surface area contributed by atoms with Gasteiger partial charge >= 0.3 is 36.1 Å². The van der Waals surface area contributed by atoms with Gasteiger partial charge in [-0.2, -0.15) is 0 Å². The number of hydrazine groups is 1. The summed E-state index contributed by atoms with van der Waals surface area (Å²) in [4.78, 5) is 172. The zero-order valence-corrected chi connectivity index (χ0v) is 60.2. The highest BCUT2D eigenvalue weighted by molar-refractivity contribution is 8.76. The van der Waals surface area contributed by atoms with E-state index in [0.717, 1.165) is 30.5 Å². The molecule has 1 unspecified atom stereocenters. The van der Waals surface area contributed by atoms with E-state index >= 15 is 0 Å². The van der Waals surface area contributed by atoms with Crippen LogP contribution < -0.4 is 58.7 Å². The highest BCUT2D eigenvalue weighted by atomic mass is 33.1. The second kappa shape index (κ2) is 47.2. The lowest BCUT2D eigenvalue weighted by Gasteiger charge is -2.35. The number of phenols is 1. The van der Waals surface area contributed by atoms with E-state index in [1.54, 1.807) is 48.7 Å². The van der Waals surface area contributed by atoms with Crippen molar-refractivity contribution in [2.45, 2.75) is 155 Å². The maximum Gasteiger partial charge on any atom is 0.426 e. The van der Waals surface area contributed by atoms with Crippen LogP contribution in [-0.2, 0) is 78.4 Å². The van der Waals surface area contributed by atoms with Gasteiger partial charge in [-0.25, -0.2) is 24.8 Å². The van der Waals surface area contributed by atoms with Crippen molar-refractivity contribution in [1.29, 1.82) is 0 Å². The number of carbonyl (C=O) groups excluding carboxylic acids is 11. The molecule has 6 atom stereocenters. The fourth-order valence-corrected chi connectivity index (χ4v) is 12.6. The van der Waals surface area contributed by atoms with E-state index in [4.69, 9.17) is 14.6 Å². The van der Waals surface area contributed by atoms with Crippen LogP contribution in [0.1, 0.15) is 137 Å². The van der Waals surface area contributed by atoms with Gasteiger partial charge < -0.3 is 77.5 Å². The van der Waals surface area contributed by atoms with Gasteiger partial charge in [-0.3, -0.25) is 58.3 Å². The number of aromatic nitrogens is 1. The number of aryl methyl sites for hydroxylation is 1. The molecule has 4 rings (SSSR count). The number of aliphatic carboxylic acids is 2. The Kier molecular flexibility index (Phi) is 39.5. The maximum atomic E-state index is 14.3. The van der Waals surface area contributed by atoms with Crippen LogP contribution in [0, 0.1) is 11.8 Å². The molecule has 0 bridgehead atoms. The molecule has 2 heterocycles. The van der Waals surface area contributed by atoms with E-state index in [-0.39, 0.29) is 93.9 Å². The number of carbonyl (C=O) groups is 13. The molecule has 32 nitrogen and oxygen atoms in total. The Bertz CT molecular complexity index is 3190. The number of esters is 1. The highest BCUT2D eigenvalue weighted by Crippen LogP contribution is 2.22. The smallest absolute Gasteiger partial charge is 0.426 e. The van der Waals surface area contributed by atoms with Gasteiger partial charge in [0.15, 0.2) is 6.73 Å². The van der Waals surface area contributed by atoms with Crippen LogP contribution in [0.2, 0.25) is 0 Å². The van der Waals surface area contributed by atoms with Gasteiger partial charge in [0.1, 0.15) is 36.7 Å². The Labute approximate surface area is 599 Å². The normalized spacial score (nSPS) is 14.1. The summed E-state index contributed by atoms with van der Waals surface area (Å²) >= 11 is 1.26. The van der Waals surface area contributed by atoms with Crippen molar-refractivity contribution in [2.24, 2.45) is 11.8 Å². The number of unbranched alkanes of at least 4 members (excludes halogenated alkanes) is 2. The van der Waals surface area contributed by atoms with E-state index in [0.29, 0.717) is 86.5 Å². The van der Waals surface area contributed by atoms with Gasteiger partial charge in [0.25, 0.3) is 5.91 Å². The average molecular weight is 1470 g/mol. The van der Waals surface area contributed by atoms with Gasteiger partial charge in [-0.05, 0) is 106 Å². The molecular weight excluding hydrogens is 1370 g/mol. The first-order valence-electron chi connectivity index (χ1n) is 33.7. The fraction of sp³-hybridized carbons (Fsp3) is 0.576. The zero-order valence-electron chi connectivity index (χ0n) is 57.8. The molecule has 558 valence electrons. The lowest BCUT2D eigenvalue weighted by Crippen LogP contribution is -2.57. The standard InChI is InChI=1S/C66H98N14O18S3/c1-6-14-57(88)98-41-80(63(93)58(42(3)7-2)76-62(92)51-15-9-12-28-79(51)5)29-13-16-54-75-50(40-99-54)61(91)73-47(34-44-21-23-48(81)24-22-44)33-43(4)59(89)77-78-66(96)97-30-32-101-100-31-27-67-53(83)38-70-60(90)49(36-55(84)85)74-52(82)35-45-17-19-46(20-18-45)37-71-64(94)68-25-10-8-11-26-69-65(95)72-39-56(86)87/h17-24,40,42-43,47,49,51,58,81H,6-16,25-39,41H2,1-5H3,(H,67,83)(H,70,90)(H,73,91)(H,74,82)(H,76,92)(H,77,89)(H,78,96)(H,84,85)(H,86,87)(H2,68,71,94)(H2,69,72,95)/t42?,43-,47+,49-,51+,58-/m0/s1. The lowest BCUT2D eigenvalue weighted by molar-refractivity contribution is -0.155. The number of benzene rings is 2. The van der Waals surface area contributed by atoms with E-state index in [2.05, 4.69) is 63.7 Å². The molecule has 35 heteroatoms. The van der Waals surface area contributed by atoms with Crippen LogP contribution in [0.4, 0.5) is 14.4 Å². The van der Waals surface area contributed by atoms with Crippen LogP contribution in [0.15, 0.2) is 53.9 Å². The summed E-state index contributed by atoms with van der Waals surface area (Å²) in [7, 11) is 4.58. The maximum absolute atomic E-state index is 14.3. The first-order chi connectivity index (χ1) is 48.3. The van der Waals surface area contributed by atoms with Crippen molar-refractivity contribution in [3.63, 3.8) is 0 Å². The minimum Gasteiger partial charge on any atom is -0.508 e. The summed E-state index contributed by atoms with van der Waals surface area (Å²) in [6, 6.07) is 8.77. The molecule has 0 spiro atoms. The number of piperidine rings is 1. The van der Waals surface area contributed by atoms with Gasteiger partial charge in [0, 0.05) is 74.4 Å². The summed E-state index contributed by atoms with van der Waals surface area (Å²) in [6.45, 7) is 8.04. The first kappa shape index (κ1) is 84.5. The van der Waals surface area contributed by atoms with Crippen molar-refractivity contribution in [3.8, 4) is 5.75 Å². The van der Waals surface area contributed by atoms with Crippen molar-refractivity contribution in [2.75, 3.05) is 77.7 Å². The molecule has 3 aromatic rings. The summed E-state index contributed by atoms with van der Waals surface area (Å²) in [5, 5.41) is 53.7. The number of carboxylic acid groups (broad SMARTS) is 2. The van der Waals surface area contributed by atoms with Crippen LogP contribution in [0.3, 0.4) is 0 Å². The largest absolute Gasteiger partial charge is 0.508 e. The van der Waals surface area contributed by atoms with Gasteiger partial charge in [-0.1, -0.05) is 98.5 Å². The van der Waals surface area contributed by atoms with Crippen molar-refractivity contribution in [3.05, 3.63) is 81.3 Å². The molecule has 1 aromatic heterocycles. The molecule has 0 saturated carbocycles. The van der Waals surface area contributed by atoms with Crippen LogP contribution >= 0.6 is 32.9 Å². The number of aromatic hydroxyl groups is 1. The monoisotopic (exact) mass is 1470 g/mol. The Morgan fingerprint density at radius 2 is 1.40 bits per heavy atom. The minimum absolute atomic E-state index is 0.0446. The molecular formula is C66H98N14O18S3. The number of urea groups is 2. The predicted molar refractivity (Wildman–Crippen MR) is 378 cm³/mol. The number of nitrogens with zero attached hydrogens (tertiary/aromatic N) is 3. The van der Waals surface area contributed by atoms with Gasteiger partial charge in [-0.15, -0.1) is 11.3 Å². The Balaban J connectivity index is 1.13. The summed E-state index contributed by atoms with van der Waals surface area (Å²) < 4.78 is 10.7. The predicted octanol–water partition coefficient (Wildman–Crippen LogP) is 3.22. The Hall–Kier alpha value is -8.96. The summed E-state index contributed by atoms with van der Waals surface area (Å²) in [5.74, 6) is -6.90. The van der Waals surface area contributed by atoms with E-state index in [1.165, 1.54) is 50.0 Å². The van der Waals surface area contributed by atoms with E-state index in [1.807, 2.05) is 32.7 Å². The summed E-state index contributed by atoms with van der Waals surface area (Å²) in [6.07, 6.45) is 5.21. The van der Waals surface area contributed by atoms with Gasteiger partial charge in [0.2, 0.25) is 35.4 Å². The third-order valence-corrected chi connectivity index (χ3v) is 19.1. The topological polar surface area (TPSA) is 453 Å². The molecule has 1 fully saturated rings. The molecule has 0 aliphatic carbocycles. The second-order valence-corrected chi connectivity index (χ2v) is 27.8. The Morgan fingerprint density at radius 3 is 2.07 bits per heavy atom. The van der Waals surface area contributed by atoms with Crippen molar-refractivity contribution in [1.82, 2.24) is 73.5 Å². The molecule has 101 heavy (non-hydrogen) atoms. The lowest BCUT2D eigenvalue weighted by atomic mass is 9.95. The molecule has 0 radical (unpaired) electrons. The zero-order chi connectivity index (χ0) is 74.1. The third kappa shape index (κ3) is 34.8. The molecule has 1 aliphatic rings. The number of ether oxygens (including phenoxy) is 2. The van der Waals surface area contributed by atoms with Crippen molar-refractivity contribution >= 4 is 110 Å². The molecule has 12 amide bonds. The van der Waals surface area contributed by atoms with Gasteiger partial charge in [0.05, 0.1) is 30.4 Å². The van der Waals surface area contributed by atoms with Crippen LogP contribution in [0.5, 0.6) is 5.75 Å². The first-order valence-corrected chi connectivity index (χ1v) is 37.0. The number of carboxylic acids is 2. The average Bonchev–Trinajstić information content (AvgIpc) is 1.58. The number of likely N-dealkylation sites (N-methyl/N-ethyl adjacent to an activating group) is 1. The second-order valence-electron chi connectivity index (χ2n) is 24.1. The fourth-order valence-electron chi connectivity index (χ4n) is 10.1. The quantitative estimate of drug-likeness (QED) is 0.0127. The molecule has 14 N–H and O–H groups in total. The summed E-state index contributed by atoms with van der Waals surface area (Å²) in [5.41, 5.74) is 6.73. The third-order valence-electron chi connectivity index (χ3n) is 15.8. The number of nitrogens with one attached hydrogen (secondary N) is 11. The number of likely N-dealkylation sites (tertiary alicyclic amines) is 1. The molecule has 1 saturated heterocycles. The van der Waals surface area contributed by atoms with E-state index in [9.17, 15) is 72.5 Å². The SMILES string of the molecule is CCCC(=O)OCN(CCCc1nc(C(=O)N[C@@H](Cc2ccc(O)cc2)C[C@H](C)C(=O)NNC(=O)OCCSSCCNC(=O)CNC(=O)[C@H](CC(=O)O)NC(=O)Cc2ccc(CNC(=O)NCCCCCNC(=O)NCC(=O)O)cc2)cs1)C(=O)[C@@H](NC(=O)[C@H]1CCCCN1C)C(C)CC. The van der Waals surface area contributed by atoms with Crippen LogP contribution in [-0.4, -0.2) is 209 Å². The van der Waals surface area contributed by atoms with E-state index < -0.39 is 109 Å². The molecule has 1 aliphatic heterocycles.